The van der Waals surface area contributed by atoms with Crippen LogP contribution in [-0.4, -0.2) is 142 Å². The molecule has 0 bridgehead atoms. The summed E-state index contributed by atoms with van der Waals surface area (Å²) in [4.78, 5) is 25.7. The zero-order valence-electron chi connectivity index (χ0n) is 42.8. The Morgan fingerprint density at radius 1 is 0.449 bits per heavy atom. The van der Waals surface area contributed by atoms with Gasteiger partial charge in [0.1, 0.15) is 55.4 Å². The SMILES string of the molecule is CCC/C=C\CCCCCCCC(=O)OCC(COC1OC(COC2OC(CO)C(O)C(O)C2O)C(O)C(O)C1O)OC(=O)CCCCCCCCCCCCC/C=C\CCCCCCCCCC. The molecule has 404 valence electrons. The molecule has 0 amide bonds. The van der Waals surface area contributed by atoms with Gasteiger partial charge in [0.25, 0.3) is 0 Å². The summed E-state index contributed by atoms with van der Waals surface area (Å²) >= 11 is 0. The second kappa shape index (κ2) is 41.5. The van der Waals surface area contributed by atoms with E-state index in [9.17, 15) is 45.3 Å². The average molecular weight is 987 g/mol. The van der Waals surface area contributed by atoms with E-state index in [-0.39, 0.29) is 26.1 Å². The lowest BCUT2D eigenvalue weighted by Gasteiger charge is -2.42. The van der Waals surface area contributed by atoms with Crippen LogP contribution in [0.25, 0.3) is 0 Å². The predicted octanol–water partition coefficient (Wildman–Crippen LogP) is 8.33. The van der Waals surface area contributed by atoms with E-state index < -0.39 is 92.7 Å². The van der Waals surface area contributed by atoms with Gasteiger partial charge in [0.2, 0.25) is 0 Å². The number of hydrogen-bond acceptors (Lipinski definition) is 15. The molecule has 0 spiro atoms. The maximum Gasteiger partial charge on any atom is 0.306 e. The van der Waals surface area contributed by atoms with Crippen molar-refractivity contribution in [3.63, 3.8) is 0 Å². The fourth-order valence-electron chi connectivity index (χ4n) is 8.63. The Hall–Kier alpha value is -2.02. The van der Waals surface area contributed by atoms with Crippen molar-refractivity contribution in [1.29, 1.82) is 0 Å². The molecule has 69 heavy (non-hydrogen) atoms. The summed E-state index contributed by atoms with van der Waals surface area (Å²) in [7, 11) is 0. The van der Waals surface area contributed by atoms with Crippen molar-refractivity contribution in [2.24, 2.45) is 0 Å². The van der Waals surface area contributed by atoms with Crippen LogP contribution in [0, 0.1) is 0 Å². The van der Waals surface area contributed by atoms with E-state index in [1.165, 1.54) is 109 Å². The number of carbonyl (C=O) groups is 2. The summed E-state index contributed by atoms with van der Waals surface area (Å²) in [6.07, 6.45) is 26.5. The van der Waals surface area contributed by atoms with Crippen molar-refractivity contribution < 1.29 is 73.8 Å². The lowest BCUT2D eigenvalue weighted by atomic mass is 9.98. The first-order chi connectivity index (χ1) is 33.5. The molecule has 2 aliphatic heterocycles. The minimum absolute atomic E-state index is 0.165. The van der Waals surface area contributed by atoms with Crippen molar-refractivity contribution in [2.75, 3.05) is 26.4 Å². The highest BCUT2D eigenvalue weighted by atomic mass is 16.7. The van der Waals surface area contributed by atoms with Crippen LogP contribution in [0.4, 0.5) is 0 Å². The second-order valence-electron chi connectivity index (χ2n) is 19.4. The number of hydrogen-bond donors (Lipinski definition) is 7. The minimum atomic E-state index is -1.76. The fourth-order valence-corrected chi connectivity index (χ4v) is 8.63. The molecule has 0 aromatic heterocycles. The molecule has 15 heteroatoms. The van der Waals surface area contributed by atoms with Gasteiger partial charge in [-0.3, -0.25) is 9.59 Å². The highest BCUT2D eigenvalue weighted by Crippen LogP contribution is 2.27. The van der Waals surface area contributed by atoms with E-state index in [2.05, 4.69) is 38.2 Å². The van der Waals surface area contributed by atoms with E-state index in [1.54, 1.807) is 0 Å². The minimum Gasteiger partial charge on any atom is -0.462 e. The van der Waals surface area contributed by atoms with Gasteiger partial charge in [0, 0.05) is 12.8 Å². The van der Waals surface area contributed by atoms with Crippen LogP contribution in [0.1, 0.15) is 213 Å². The largest absolute Gasteiger partial charge is 0.462 e. The van der Waals surface area contributed by atoms with Crippen LogP contribution in [0.3, 0.4) is 0 Å². The van der Waals surface area contributed by atoms with Gasteiger partial charge in [0.05, 0.1) is 19.8 Å². The summed E-state index contributed by atoms with van der Waals surface area (Å²) in [6.45, 7) is 2.53. The predicted molar refractivity (Wildman–Crippen MR) is 266 cm³/mol. The van der Waals surface area contributed by atoms with Gasteiger partial charge < -0.3 is 64.2 Å². The Labute approximate surface area is 415 Å². The molecule has 0 radical (unpaired) electrons. The van der Waals surface area contributed by atoms with Crippen LogP contribution >= 0.6 is 0 Å². The van der Waals surface area contributed by atoms with Gasteiger partial charge in [-0.25, -0.2) is 0 Å². The molecule has 15 nitrogen and oxygen atoms in total. The van der Waals surface area contributed by atoms with Crippen LogP contribution in [0.15, 0.2) is 24.3 Å². The molecule has 0 aromatic rings. The average Bonchev–Trinajstić information content (AvgIpc) is 3.34. The molecule has 2 saturated heterocycles. The third-order valence-corrected chi connectivity index (χ3v) is 13.1. The number of unbranched alkanes of at least 4 members (excludes halogenated alkanes) is 25. The fraction of sp³-hybridized carbons (Fsp3) is 0.889. The quantitative estimate of drug-likeness (QED) is 0.0173. The van der Waals surface area contributed by atoms with Gasteiger partial charge in [0.15, 0.2) is 18.7 Å². The van der Waals surface area contributed by atoms with E-state index in [4.69, 9.17) is 28.4 Å². The molecule has 0 aromatic carbocycles. The zero-order chi connectivity index (χ0) is 50.3. The van der Waals surface area contributed by atoms with Crippen LogP contribution in [0.5, 0.6) is 0 Å². The van der Waals surface area contributed by atoms with Crippen LogP contribution < -0.4 is 0 Å². The van der Waals surface area contributed by atoms with Gasteiger partial charge in [-0.15, -0.1) is 0 Å². The van der Waals surface area contributed by atoms with E-state index in [0.29, 0.717) is 12.8 Å². The monoisotopic (exact) mass is 987 g/mol. The first-order valence-electron chi connectivity index (χ1n) is 27.4. The lowest BCUT2D eigenvalue weighted by Crippen LogP contribution is -2.61. The maximum absolute atomic E-state index is 13.0. The van der Waals surface area contributed by atoms with E-state index in [1.807, 2.05) is 0 Å². The number of ether oxygens (including phenoxy) is 6. The molecule has 0 aliphatic carbocycles. The van der Waals surface area contributed by atoms with Crippen molar-refractivity contribution in [1.82, 2.24) is 0 Å². The number of esters is 2. The number of aliphatic hydroxyl groups excluding tert-OH is 7. The number of allylic oxidation sites excluding steroid dienone is 4. The lowest BCUT2D eigenvalue weighted by molar-refractivity contribution is -0.332. The topological polar surface area (TPSA) is 231 Å². The van der Waals surface area contributed by atoms with Crippen molar-refractivity contribution >= 4 is 11.9 Å². The van der Waals surface area contributed by atoms with Crippen molar-refractivity contribution in [3.8, 4) is 0 Å². The summed E-state index contributed by atoms with van der Waals surface area (Å²) in [5.74, 6) is -0.932. The summed E-state index contributed by atoms with van der Waals surface area (Å²) in [6, 6.07) is 0. The summed E-state index contributed by atoms with van der Waals surface area (Å²) in [5.41, 5.74) is 0. The Bertz CT molecular complexity index is 1300. The Morgan fingerprint density at radius 3 is 1.33 bits per heavy atom. The Balaban J connectivity index is 1.73. The molecule has 2 fully saturated rings. The standard InChI is InChI=1S/C54H98O15/c1-3-5-7-9-11-13-15-16-17-18-19-20-21-22-23-24-25-26-27-29-31-33-35-37-46(57)67-42(39-64-45(56)36-34-32-30-28-14-12-10-8-6-4-2)40-65-53-52(63)50(61)48(59)44(69-53)41-66-54-51(62)49(60)47(58)43(38-55)68-54/h8,10,18-19,42-44,47-55,58-63H,3-7,9,11-17,20-41H2,1-2H3/b10-8-,19-18-. The Kier molecular flexibility index (Phi) is 37.9. The first kappa shape index (κ1) is 63.1. The van der Waals surface area contributed by atoms with Crippen LogP contribution in [-0.2, 0) is 38.0 Å². The third kappa shape index (κ3) is 29.3. The van der Waals surface area contributed by atoms with Crippen molar-refractivity contribution in [2.45, 2.75) is 280 Å². The van der Waals surface area contributed by atoms with E-state index in [0.717, 1.165) is 64.2 Å². The van der Waals surface area contributed by atoms with Gasteiger partial charge in [-0.1, -0.05) is 167 Å². The molecule has 2 rings (SSSR count). The molecule has 7 N–H and O–H groups in total. The zero-order valence-corrected chi connectivity index (χ0v) is 42.8. The maximum atomic E-state index is 13.0. The number of carbonyl (C=O) groups excluding carboxylic acids is 2. The molecule has 0 saturated carbocycles. The normalized spacial score (nSPS) is 25.7. The second-order valence-corrected chi connectivity index (χ2v) is 19.4. The van der Waals surface area contributed by atoms with E-state index >= 15 is 0 Å². The van der Waals surface area contributed by atoms with Crippen LogP contribution in [0.2, 0.25) is 0 Å². The van der Waals surface area contributed by atoms with Gasteiger partial charge in [-0.2, -0.15) is 0 Å². The number of aliphatic hydroxyl groups is 7. The first-order valence-corrected chi connectivity index (χ1v) is 27.4. The summed E-state index contributed by atoms with van der Waals surface area (Å²) in [5, 5.41) is 72.1. The van der Waals surface area contributed by atoms with Crippen molar-refractivity contribution in [3.05, 3.63) is 24.3 Å². The molecule has 2 heterocycles. The smallest absolute Gasteiger partial charge is 0.306 e. The molecule has 2 aliphatic rings. The highest BCUT2D eigenvalue weighted by molar-refractivity contribution is 5.70. The molecule has 11 atom stereocenters. The third-order valence-electron chi connectivity index (χ3n) is 13.1. The van der Waals surface area contributed by atoms with Gasteiger partial charge in [-0.05, 0) is 57.8 Å². The molecular weight excluding hydrogens is 889 g/mol. The molecule has 11 unspecified atom stereocenters. The summed E-state index contributed by atoms with van der Waals surface area (Å²) < 4.78 is 33.6. The number of rotatable bonds is 43. The highest BCUT2D eigenvalue weighted by Gasteiger charge is 2.47. The van der Waals surface area contributed by atoms with Gasteiger partial charge >= 0.3 is 11.9 Å². The Morgan fingerprint density at radius 2 is 0.855 bits per heavy atom. The molecular formula is C54H98O15.